The summed E-state index contributed by atoms with van der Waals surface area (Å²) in [6.07, 6.45) is 0.646. The van der Waals surface area contributed by atoms with Crippen molar-refractivity contribution in [3.05, 3.63) is 10.3 Å². The van der Waals surface area contributed by atoms with Crippen molar-refractivity contribution in [2.24, 2.45) is 11.1 Å². The number of carbonyl (C=O) groups is 1. The lowest BCUT2D eigenvalue weighted by molar-refractivity contribution is 0.0784. The molecule has 1 atom stereocenters. The lowest BCUT2D eigenvalue weighted by atomic mass is 10.2. The van der Waals surface area contributed by atoms with E-state index in [0.29, 0.717) is 49.1 Å². The maximum atomic E-state index is 12.5. The van der Waals surface area contributed by atoms with Crippen LogP contribution in [0.1, 0.15) is 16.1 Å². The molecule has 21 heavy (non-hydrogen) atoms. The highest BCUT2D eigenvalue weighted by Gasteiger charge is 2.32. The van der Waals surface area contributed by atoms with Gasteiger partial charge in [-0.2, -0.15) is 0 Å². The molecule has 1 saturated heterocycles. The topological polar surface area (TPSA) is 98.9 Å². The SMILES string of the molecule is NS(=O)(=O)C[C@@H]1CCN(C(=O)c2scc3c2OCCO3)C1. The van der Waals surface area contributed by atoms with Crippen LogP contribution in [0.3, 0.4) is 0 Å². The Balaban J connectivity index is 1.71. The van der Waals surface area contributed by atoms with Crippen molar-refractivity contribution < 1.29 is 22.7 Å². The summed E-state index contributed by atoms with van der Waals surface area (Å²) in [7, 11) is -3.50. The van der Waals surface area contributed by atoms with Crippen molar-refractivity contribution in [1.29, 1.82) is 0 Å². The number of amides is 1. The number of carbonyl (C=O) groups excluding carboxylic acids is 1. The van der Waals surface area contributed by atoms with Gasteiger partial charge in [-0.3, -0.25) is 4.79 Å². The van der Waals surface area contributed by atoms with Gasteiger partial charge < -0.3 is 14.4 Å². The minimum atomic E-state index is -3.50. The van der Waals surface area contributed by atoms with Gasteiger partial charge in [0, 0.05) is 18.5 Å². The van der Waals surface area contributed by atoms with Gasteiger partial charge in [-0.05, 0) is 12.3 Å². The molecule has 1 aromatic rings. The summed E-state index contributed by atoms with van der Waals surface area (Å²) < 4.78 is 33.2. The molecule has 1 aromatic heterocycles. The van der Waals surface area contributed by atoms with Crippen molar-refractivity contribution in [1.82, 2.24) is 4.90 Å². The van der Waals surface area contributed by atoms with Crippen LogP contribution < -0.4 is 14.6 Å². The molecule has 1 amide bonds. The normalized spacial score (nSPS) is 21.6. The Morgan fingerprint density at radius 3 is 2.95 bits per heavy atom. The van der Waals surface area contributed by atoms with Gasteiger partial charge in [-0.1, -0.05) is 0 Å². The number of hydrogen-bond acceptors (Lipinski definition) is 6. The lowest BCUT2D eigenvalue weighted by Gasteiger charge is -2.19. The zero-order valence-electron chi connectivity index (χ0n) is 11.3. The monoisotopic (exact) mass is 332 g/mol. The molecule has 2 aliphatic rings. The summed E-state index contributed by atoms with van der Waals surface area (Å²) >= 11 is 1.29. The quantitative estimate of drug-likeness (QED) is 0.856. The lowest BCUT2D eigenvalue weighted by Crippen LogP contribution is -2.30. The average Bonchev–Trinajstić information content (AvgIpc) is 3.02. The zero-order chi connectivity index (χ0) is 15.0. The van der Waals surface area contributed by atoms with E-state index in [2.05, 4.69) is 0 Å². The first-order chi connectivity index (χ1) is 9.94. The number of primary sulfonamides is 1. The molecule has 9 heteroatoms. The highest BCUT2D eigenvalue weighted by molar-refractivity contribution is 7.89. The van der Waals surface area contributed by atoms with Crippen molar-refractivity contribution in [3.8, 4) is 11.5 Å². The third-order valence-corrected chi connectivity index (χ3v) is 5.40. The van der Waals surface area contributed by atoms with Gasteiger partial charge >= 0.3 is 0 Å². The summed E-state index contributed by atoms with van der Waals surface area (Å²) in [5.41, 5.74) is 0. The molecular weight excluding hydrogens is 316 g/mol. The third kappa shape index (κ3) is 3.14. The van der Waals surface area contributed by atoms with Gasteiger partial charge in [0.05, 0.1) is 5.75 Å². The number of nitrogens with two attached hydrogens (primary N) is 1. The minimum absolute atomic E-state index is 0.0844. The molecule has 0 spiro atoms. The summed E-state index contributed by atoms with van der Waals surface area (Å²) in [4.78, 5) is 14.7. The van der Waals surface area contributed by atoms with E-state index in [-0.39, 0.29) is 17.6 Å². The van der Waals surface area contributed by atoms with Crippen LogP contribution in [-0.2, 0) is 10.0 Å². The van der Waals surface area contributed by atoms with Crippen molar-refractivity contribution in [2.45, 2.75) is 6.42 Å². The first kappa shape index (κ1) is 14.6. The molecule has 0 aliphatic carbocycles. The molecule has 0 aromatic carbocycles. The minimum Gasteiger partial charge on any atom is -0.485 e. The van der Waals surface area contributed by atoms with Crippen LogP contribution in [0.25, 0.3) is 0 Å². The molecular formula is C12H16N2O5S2. The van der Waals surface area contributed by atoms with E-state index < -0.39 is 10.0 Å². The summed E-state index contributed by atoms with van der Waals surface area (Å²) in [6.45, 7) is 1.85. The molecule has 3 heterocycles. The number of rotatable bonds is 3. The van der Waals surface area contributed by atoms with Gasteiger partial charge in [-0.15, -0.1) is 11.3 Å². The van der Waals surface area contributed by atoms with Gasteiger partial charge in [0.1, 0.15) is 18.1 Å². The van der Waals surface area contributed by atoms with Crippen LogP contribution in [0, 0.1) is 5.92 Å². The van der Waals surface area contributed by atoms with E-state index in [1.54, 1.807) is 10.3 Å². The van der Waals surface area contributed by atoms with Crippen LogP contribution in [0.5, 0.6) is 11.5 Å². The predicted molar refractivity (Wildman–Crippen MR) is 77.3 cm³/mol. The molecule has 116 valence electrons. The maximum Gasteiger partial charge on any atom is 0.267 e. The Bertz CT molecular complexity index is 655. The van der Waals surface area contributed by atoms with Crippen LogP contribution in [0.4, 0.5) is 0 Å². The molecule has 2 N–H and O–H groups in total. The van der Waals surface area contributed by atoms with E-state index >= 15 is 0 Å². The second-order valence-corrected chi connectivity index (χ2v) is 7.73. The van der Waals surface area contributed by atoms with E-state index in [9.17, 15) is 13.2 Å². The molecule has 2 aliphatic heterocycles. The Labute approximate surface area is 126 Å². The van der Waals surface area contributed by atoms with Crippen LogP contribution in [-0.4, -0.2) is 51.3 Å². The highest BCUT2D eigenvalue weighted by atomic mass is 32.2. The fourth-order valence-electron chi connectivity index (χ4n) is 2.64. The Hall–Kier alpha value is -1.32. The third-order valence-electron chi connectivity index (χ3n) is 3.54. The molecule has 3 rings (SSSR count). The van der Waals surface area contributed by atoms with Crippen molar-refractivity contribution in [2.75, 3.05) is 32.1 Å². The Morgan fingerprint density at radius 1 is 1.43 bits per heavy atom. The second kappa shape index (κ2) is 5.47. The first-order valence-electron chi connectivity index (χ1n) is 6.61. The summed E-state index contributed by atoms with van der Waals surface area (Å²) in [5.74, 6) is 0.792. The molecule has 0 bridgehead atoms. The fourth-order valence-corrected chi connectivity index (χ4v) is 4.46. The highest BCUT2D eigenvalue weighted by Crippen LogP contribution is 2.40. The number of thiophene rings is 1. The van der Waals surface area contributed by atoms with Crippen molar-refractivity contribution in [3.63, 3.8) is 0 Å². The number of fused-ring (bicyclic) bond motifs is 1. The number of ether oxygens (including phenoxy) is 2. The summed E-state index contributed by atoms with van der Waals surface area (Å²) in [6, 6.07) is 0. The van der Waals surface area contributed by atoms with E-state index in [1.807, 2.05) is 0 Å². The molecule has 7 nitrogen and oxygen atoms in total. The number of likely N-dealkylation sites (tertiary alicyclic amines) is 1. The molecule has 0 unspecified atom stereocenters. The van der Waals surface area contributed by atoms with Gasteiger partial charge in [0.2, 0.25) is 10.0 Å². The second-order valence-electron chi connectivity index (χ2n) is 5.19. The standard InChI is InChI=1S/C12H16N2O5S2/c13-21(16,17)7-8-1-2-14(5-8)12(15)11-10-9(6-20-11)18-3-4-19-10/h6,8H,1-5,7H2,(H2,13,16,17)/t8-/m1/s1. The van der Waals surface area contributed by atoms with Crippen LogP contribution in [0.2, 0.25) is 0 Å². The Morgan fingerprint density at radius 2 is 2.19 bits per heavy atom. The van der Waals surface area contributed by atoms with Gasteiger partial charge in [0.15, 0.2) is 11.5 Å². The predicted octanol–water partition coefficient (Wildman–Crippen LogP) is 0.270. The fraction of sp³-hybridized carbons (Fsp3) is 0.583. The Kier molecular flexibility index (Phi) is 3.80. The number of nitrogens with zero attached hydrogens (tertiary/aromatic N) is 1. The molecule has 0 saturated carbocycles. The first-order valence-corrected chi connectivity index (χ1v) is 9.20. The maximum absolute atomic E-state index is 12.5. The number of sulfonamides is 1. The average molecular weight is 332 g/mol. The molecule has 0 radical (unpaired) electrons. The smallest absolute Gasteiger partial charge is 0.267 e. The van der Waals surface area contributed by atoms with E-state index in [1.165, 1.54) is 11.3 Å². The zero-order valence-corrected chi connectivity index (χ0v) is 12.9. The van der Waals surface area contributed by atoms with Crippen LogP contribution >= 0.6 is 11.3 Å². The van der Waals surface area contributed by atoms with E-state index in [4.69, 9.17) is 14.6 Å². The van der Waals surface area contributed by atoms with Crippen LogP contribution in [0.15, 0.2) is 5.38 Å². The van der Waals surface area contributed by atoms with E-state index in [0.717, 1.165) is 0 Å². The van der Waals surface area contributed by atoms with Gasteiger partial charge in [0.25, 0.3) is 5.91 Å². The number of hydrogen-bond donors (Lipinski definition) is 1. The molecule has 1 fully saturated rings. The summed E-state index contributed by atoms with van der Waals surface area (Å²) in [5, 5.41) is 6.82. The van der Waals surface area contributed by atoms with Gasteiger partial charge in [-0.25, -0.2) is 13.6 Å². The largest absolute Gasteiger partial charge is 0.485 e. The van der Waals surface area contributed by atoms with Crippen molar-refractivity contribution >= 4 is 27.3 Å².